The average molecular weight is 332 g/mol. The smallest absolute Gasteiger partial charge is 0.352 e. The molecule has 0 atom stereocenters. The average Bonchev–Trinajstić information content (AvgIpc) is 2.98. The van der Waals surface area contributed by atoms with Crippen LogP contribution in [-0.4, -0.2) is 43.7 Å². The number of aromatic nitrogens is 1. The summed E-state index contributed by atoms with van der Waals surface area (Å²) in [5.41, 5.74) is 7.09. The molecule has 122 valence electrons. The summed E-state index contributed by atoms with van der Waals surface area (Å²) < 4.78 is 5.01. The largest absolute Gasteiger partial charge is 0.462 e. The number of thiazole rings is 1. The number of carbonyl (C=O) groups is 1. The molecule has 2 aromatic rings. The molecule has 1 aliphatic heterocycles. The summed E-state index contributed by atoms with van der Waals surface area (Å²) in [5.74, 6) is -0.134. The molecule has 0 amide bonds. The Kier molecular flexibility index (Phi) is 4.66. The van der Waals surface area contributed by atoms with Crippen molar-refractivity contribution in [3.8, 4) is 0 Å². The lowest BCUT2D eigenvalue weighted by molar-refractivity contribution is 0.0533. The van der Waals surface area contributed by atoms with Crippen molar-refractivity contribution in [1.29, 1.82) is 0 Å². The molecule has 7 heteroatoms. The van der Waals surface area contributed by atoms with Gasteiger partial charge in [-0.1, -0.05) is 29.5 Å². The van der Waals surface area contributed by atoms with Crippen LogP contribution in [0.4, 0.5) is 16.6 Å². The van der Waals surface area contributed by atoms with Crippen LogP contribution in [-0.2, 0) is 4.74 Å². The predicted molar refractivity (Wildman–Crippen MR) is 93.4 cm³/mol. The minimum absolute atomic E-state index is 0.258. The Balaban J connectivity index is 1.66. The van der Waals surface area contributed by atoms with Gasteiger partial charge < -0.3 is 20.3 Å². The van der Waals surface area contributed by atoms with E-state index in [0.717, 1.165) is 31.3 Å². The maximum absolute atomic E-state index is 11.8. The Morgan fingerprint density at radius 3 is 2.52 bits per heavy atom. The number of nitrogen functional groups attached to an aromatic ring is 1. The zero-order valence-electron chi connectivity index (χ0n) is 13.1. The van der Waals surface area contributed by atoms with Crippen molar-refractivity contribution in [2.24, 2.45) is 0 Å². The maximum Gasteiger partial charge on any atom is 0.352 e. The number of anilines is 3. The number of esters is 1. The van der Waals surface area contributed by atoms with E-state index < -0.39 is 5.97 Å². The Hall–Kier alpha value is -2.28. The van der Waals surface area contributed by atoms with Crippen LogP contribution in [0.15, 0.2) is 30.3 Å². The molecule has 1 aromatic heterocycles. The van der Waals surface area contributed by atoms with Crippen molar-refractivity contribution in [2.45, 2.75) is 6.92 Å². The van der Waals surface area contributed by atoms with Crippen LogP contribution in [0.2, 0.25) is 0 Å². The fourth-order valence-electron chi connectivity index (χ4n) is 2.59. The van der Waals surface area contributed by atoms with Crippen LogP contribution in [0.25, 0.3) is 0 Å². The molecular formula is C16H20N4O2S. The van der Waals surface area contributed by atoms with E-state index in [1.165, 1.54) is 17.0 Å². The molecule has 0 bridgehead atoms. The molecule has 2 heterocycles. The maximum atomic E-state index is 11.8. The Morgan fingerprint density at radius 1 is 1.22 bits per heavy atom. The van der Waals surface area contributed by atoms with Crippen LogP contribution in [0.3, 0.4) is 0 Å². The standard InChI is InChI=1S/C16H20N4O2S/c1-2-22-15(21)13-14(17)18-16(23-13)20-10-8-19(9-11-20)12-6-4-3-5-7-12/h3-7H,2,8-11,17H2,1H3. The van der Waals surface area contributed by atoms with Gasteiger partial charge >= 0.3 is 5.97 Å². The minimum atomic E-state index is -0.392. The normalized spacial score (nSPS) is 14.8. The van der Waals surface area contributed by atoms with Gasteiger partial charge in [0.15, 0.2) is 15.8 Å². The lowest BCUT2D eigenvalue weighted by Crippen LogP contribution is -2.46. The van der Waals surface area contributed by atoms with Crippen molar-refractivity contribution >= 4 is 33.9 Å². The summed E-state index contributed by atoms with van der Waals surface area (Å²) in [6.45, 7) is 5.64. The SMILES string of the molecule is CCOC(=O)c1sc(N2CCN(c3ccccc3)CC2)nc1N. The molecule has 0 spiro atoms. The van der Waals surface area contributed by atoms with Crippen LogP contribution in [0.1, 0.15) is 16.6 Å². The Morgan fingerprint density at radius 2 is 1.87 bits per heavy atom. The van der Waals surface area contributed by atoms with Crippen LogP contribution in [0, 0.1) is 0 Å². The van der Waals surface area contributed by atoms with E-state index in [2.05, 4.69) is 39.0 Å². The van der Waals surface area contributed by atoms with Gasteiger partial charge in [0.05, 0.1) is 6.61 Å². The molecule has 0 radical (unpaired) electrons. The summed E-state index contributed by atoms with van der Waals surface area (Å²) in [6.07, 6.45) is 0. The molecule has 0 saturated carbocycles. The number of piperazine rings is 1. The first-order valence-corrected chi connectivity index (χ1v) is 8.49. The van der Waals surface area contributed by atoms with Gasteiger partial charge in [0.2, 0.25) is 0 Å². The highest BCUT2D eigenvalue weighted by Crippen LogP contribution is 2.30. The lowest BCUT2D eigenvalue weighted by atomic mass is 10.2. The molecule has 0 unspecified atom stereocenters. The number of nitrogens with zero attached hydrogens (tertiary/aromatic N) is 3. The van der Waals surface area contributed by atoms with E-state index in [1.807, 2.05) is 6.07 Å². The van der Waals surface area contributed by atoms with Gasteiger partial charge in [0.25, 0.3) is 0 Å². The van der Waals surface area contributed by atoms with E-state index in [1.54, 1.807) is 6.92 Å². The van der Waals surface area contributed by atoms with E-state index >= 15 is 0 Å². The quantitative estimate of drug-likeness (QED) is 0.866. The van der Waals surface area contributed by atoms with Gasteiger partial charge in [0.1, 0.15) is 0 Å². The highest BCUT2D eigenvalue weighted by atomic mass is 32.1. The molecular weight excluding hydrogens is 312 g/mol. The third-order valence-corrected chi connectivity index (χ3v) is 4.89. The van der Waals surface area contributed by atoms with Crippen LogP contribution >= 0.6 is 11.3 Å². The first-order chi connectivity index (χ1) is 11.2. The first kappa shape index (κ1) is 15.6. The van der Waals surface area contributed by atoms with E-state index in [-0.39, 0.29) is 5.82 Å². The third kappa shape index (κ3) is 3.39. The van der Waals surface area contributed by atoms with Gasteiger partial charge in [0, 0.05) is 31.9 Å². The molecule has 6 nitrogen and oxygen atoms in total. The monoisotopic (exact) mass is 332 g/mol. The molecule has 2 N–H and O–H groups in total. The van der Waals surface area contributed by atoms with Crippen molar-refractivity contribution < 1.29 is 9.53 Å². The third-order valence-electron chi connectivity index (χ3n) is 3.77. The fraction of sp³-hybridized carbons (Fsp3) is 0.375. The number of benzene rings is 1. The molecule has 0 aliphatic carbocycles. The van der Waals surface area contributed by atoms with Crippen molar-refractivity contribution in [3.05, 3.63) is 35.2 Å². The van der Waals surface area contributed by atoms with Crippen molar-refractivity contribution in [2.75, 3.05) is 48.3 Å². The predicted octanol–water partition coefficient (Wildman–Crippen LogP) is 2.23. The second-order valence-corrected chi connectivity index (χ2v) is 6.22. The molecule has 3 rings (SSSR count). The van der Waals surface area contributed by atoms with Crippen LogP contribution in [0.5, 0.6) is 0 Å². The van der Waals surface area contributed by atoms with Crippen molar-refractivity contribution in [3.63, 3.8) is 0 Å². The number of para-hydroxylation sites is 1. The highest BCUT2D eigenvalue weighted by molar-refractivity contribution is 7.18. The fourth-order valence-corrected chi connectivity index (χ4v) is 3.52. The van der Waals surface area contributed by atoms with Gasteiger partial charge in [-0.15, -0.1) is 0 Å². The first-order valence-electron chi connectivity index (χ1n) is 7.67. The van der Waals surface area contributed by atoms with Crippen LogP contribution < -0.4 is 15.5 Å². The summed E-state index contributed by atoms with van der Waals surface area (Å²) >= 11 is 1.31. The Labute approximate surface area is 139 Å². The van der Waals surface area contributed by atoms with Crippen molar-refractivity contribution in [1.82, 2.24) is 4.98 Å². The lowest BCUT2D eigenvalue weighted by Gasteiger charge is -2.35. The van der Waals surface area contributed by atoms with E-state index in [4.69, 9.17) is 10.5 Å². The summed E-state index contributed by atoms with van der Waals surface area (Å²) in [4.78, 5) is 21.1. The number of hydrogen-bond donors (Lipinski definition) is 1. The molecule has 1 aromatic carbocycles. The Bertz CT molecular complexity index is 666. The number of rotatable bonds is 4. The van der Waals surface area contributed by atoms with Gasteiger partial charge in [-0.2, -0.15) is 0 Å². The topological polar surface area (TPSA) is 71.7 Å². The number of hydrogen-bond acceptors (Lipinski definition) is 7. The van der Waals surface area contributed by atoms with Gasteiger partial charge in [-0.3, -0.25) is 0 Å². The second-order valence-electron chi connectivity index (χ2n) is 5.24. The minimum Gasteiger partial charge on any atom is -0.462 e. The number of nitrogens with two attached hydrogens (primary N) is 1. The summed E-state index contributed by atoms with van der Waals surface area (Å²) in [6, 6.07) is 10.4. The van der Waals surface area contributed by atoms with E-state index in [0.29, 0.717) is 11.5 Å². The molecule has 1 aliphatic rings. The zero-order chi connectivity index (χ0) is 16.2. The summed E-state index contributed by atoms with van der Waals surface area (Å²) in [5, 5.41) is 0.790. The number of ether oxygens (including phenoxy) is 1. The van der Waals surface area contributed by atoms with E-state index in [9.17, 15) is 4.79 Å². The number of carbonyl (C=O) groups excluding carboxylic acids is 1. The molecule has 23 heavy (non-hydrogen) atoms. The molecule has 1 saturated heterocycles. The van der Waals surface area contributed by atoms with Gasteiger partial charge in [-0.25, -0.2) is 9.78 Å². The zero-order valence-corrected chi connectivity index (χ0v) is 13.9. The highest BCUT2D eigenvalue weighted by Gasteiger charge is 2.23. The summed E-state index contributed by atoms with van der Waals surface area (Å²) in [7, 11) is 0. The van der Waals surface area contributed by atoms with Gasteiger partial charge in [-0.05, 0) is 19.1 Å². The molecule has 1 fully saturated rings. The second kappa shape index (κ2) is 6.87.